The van der Waals surface area contributed by atoms with Crippen molar-refractivity contribution in [3.63, 3.8) is 0 Å². The Morgan fingerprint density at radius 3 is 2.11 bits per heavy atom. The second kappa shape index (κ2) is 11.4. The first-order chi connectivity index (χ1) is 12.9. The van der Waals surface area contributed by atoms with Crippen LogP contribution in [-0.4, -0.2) is 35.9 Å². The number of aromatic nitrogens is 2. The lowest BCUT2D eigenvalue weighted by atomic mass is 9.91. The highest BCUT2D eigenvalue weighted by atomic mass is 127. The number of rotatable bonds is 7. The van der Waals surface area contributed by atoms with Gasteiger partial charge in [-0.15, -0.1) is 24.0 Å². The molecule has 0 saturated heterocycles. The lowest BCUT2D eigenvalue weighted by Gasteiger charge is -2.20. The molecule has 27 heavy (non-hydrogen) atoms. The van der Waals surface area contributed by atoms with Crippen molar-refractivity contribution >= 4 is 29.9 Å². The van der Waals surface area contributed by atoms with Crippen molar-refractivity contribution < 1.29 is 0 Å². The van der Waals surface area contributed by atoms with Crippen LogP contribution >= 0.6 is 24.0 Å². The molecule has 0 spiro atoms. The van der Waals surface area contributed by atoms with Crippen molar-refractivity contribution in [2.24, 2.45) is 4.99 Å². The van der Waals surface area contributed by atoms with E-state index in [9.17, 15) is 0 Å². The van der Waals surface area contributed by atoms with Gasteiger partial charge >= 0.3 is 0 Å². The number of aliphatic imine (C=N–C) groups is 1. The number of halogens is 1. The van der Waals surface area contributed by atoms with E-state index >= 15 is 0 Å². The predicted octanol–water partition coefficient (Wildman–Crippen LogP) is 3.50. The third kappa shape index (κ3) is 6.39. The van der Waals surface area contributed by atoms with Crippen LogP contribution in [0.2, 0.25) is 0 Å². The number of nitrogens with one attached hydrogen (secondary N) is 2. The Hall–Kier alpha value is -2.35. The molecule has 0 unspecified atom stereocenters. The zero-order valence-electron chi connectivity index (χ0n) is 15.5. The molecule has 0 radical (unpaired) electrons. The Kier molecular flexibility index (Phi) is 8.83. The van der Waals surface area contributed by atoms with Gasteiger partial charge in [0.25, 0.3) is 0 Å². The molecule has 0 aliphatic heterocycles. The summed E-state index contributed by atoms with van der Waals surface area (Å²) in [6.45, 7) is 2.34. The van der Waals surface area contributed by atoms with E-state index in [1.54, 1.807) is 13.2 Å². The molecule has 5 nitrogen and oxygen atoms in total. The lowest BCUT2D eigenvalue weighted by Crippen LogP contribution is -2.40. The molecule has 3 aromatic rings. The molecule has 0 bridgehead atoms. The molecule has 0 aliphatic rings. The van der Waals surface area contributed by atoms with Crippen LogP contribution in [0.15, 0.2) is 84.1 Å². The summed E-state index contributed by atoms with van der Waals surface area (Å²) < 4.78 is 1.90. The third-order valence-electron chi connectivity index (χ3n) is 4.29. The second-order valence-corrected chi connectivity index (χ2v) is 6.02. The van der Waals surface area contributed by atoms with Crippen LogP contribution in [0.1, 0.15) is 17.0 Å². The zero-order valence-corrected chi connectivity index (χ0v) is 17.8. The Labute approximate surface area is 177 Å². The number of guanidine groups is 1. The predicted molar refractivity (Wildman–Crippen MR) is 122 cm³/mol. The molecule has 142 valence electrons. The summed E-state index contributed by atoms with van der Waals surface area (Å²) in [7, 11) is 1.79. The van der Waals surface area contributed by atoms with E-state index in [1.807, 2.05) is 16.9 Å². The topological polar surface area (TPSA) is 54.2 Å². The highest BCUT2D eigenvalue weighted by molar-refractivity contribution is 14.0. The van der Waals surface area contributed by atoms with Crippen LogP contribution in [0.3, 0.4) is 0 Å². The van der Waals surface area contributed by atoms with E-state index < -0.39 is 0 Å². The van der Waals surface area contributed by atoms with Crippen molar-refractivity contribution in [2.75, 3.05) is 20.1 Å². The van der Waals surface area contributed by atoms with Crippen LogP contribution in [0.25, 0.3) is 0 Å². The Morgan fingerprint density at radius 1 is 0.963 bits per heavy atom. The maximum absolute atomic E-state index is 4.33. The standard InChI is InChI=1S/C21H25N5.HI/c1-22-21(23-14-16-26-15-8-13-25-26)24-17-20(18-9-4-2-5-10-18)19-11-6-3-7-12-19;/h2-13,15,20H,14,16-17H2,1H3,(H2,22,23,24);1H. The Morgan fingerprint density at radius 2 is 1.59 bits per heavy atom. The molecule has 1 aromatic heterocycles. The molecule has 0 amide bonds. The quantitative estimate of drug-likeness (QED) is 0.313. The van der Waals surface area contributed by atoms with E-state index in [4.69, 9.17) is 0 Å². The largest absolute Gasteiger partial charge is 0.355 e. The summed E-state index contributed by atoms with van der Waals surface area (Å²) in [4.78, 5) is 4.33. The Balaban J connectivity index is 0.00000261. The molecule has 6 heteroatoms. The molecule has 2 N–H and O–H groups in total. The van der Waals surface area contributed by atoms with Gasteiger partial charge in [-0.3, -0.25) is 9.67 Å². The van der Waals surface area contributed by atoms with Gasteiger partial charge in [-0.05, 0) is 17.2 Å². The average Bonchev–Trinajstić information content (AvgIpc) is 3.22. The molecule has 0 saturated carbocycles. The van der Waals surface area contributed by atoms with E-state index in [0.29, 0.717) is 0 Å². The van der Waals surface area contributed by atoms with Gasteiger partial charge in [-0.25, -0.2) is 0 Å². The highest BCUT2D eigenvalue weighted by Crippen LogP contribution is 2.23. The monoisotopic (exact) mass is 475 g/mol. The van der Waals surface area contributed by atoms with Gasteiger partial charge in [0.1, 0.15) is 0 Å². The molecule has 0 aliphatic carbocycles. The summed E-state index contributed by atoms with van der Waals surface area (Å²) >= 11 is 0. The average molecular weight is 475 g/mol. The van der Waals surface area contributed by atoms with E-state index in [1.165, 1.54) is 11.1 Å². The van der Waals surface area contributed by atoms with Crippen molar-refractivity contribution in [3.05, 3.63) is 90.3 Å². The zero-order chi connectivity index (χ0) is 18.0. The smallest absolute Gasteiger partial charge is 0.191 e. The molecule has 1 heterocycles. The lowest BCUT2D eigenvalue weighted by molar-refractivity contribution is 0.596. The second-order valence-electron chi connectivity index (χ2n) is 6.02. The number of hydrogen-bond donors (Lipinski definition) is 2. The van der Waals surface area contributed by atoms with Crippen molar-refractivity contribution in [3.8, 4) is 0 Å². The summed E-state index contributed by atoms with van der Waals surface area (Å²) in [5.41, 5.74) is 2.58. The van der Waals surface area contributed by atoms with Gasteiger partial charge < -0.3 is 10.6 Å². The van der Waals surface area contributed by atoms with Gasteiger partial charge in [0.2, 0.25) is 0 Å². The first-order valence-electron chi connectivity index (χ1n) is 8.88. The van der Waals surface area contributed by atoms with Gasteiger partial charge in [-0.2, -0.15) is 5.10 Å². The highest BCUT2D eigenvalue weighted by Gasteiger charge is 2.14. The molecule has 3 rings (SSSR count). The van der Waals surface area contributed by atoms with Crippen LogP contribution in [0.5, 0.6) is 0 Å². The van der Waals surface area contributed by atoms with Gasteiger partial charge in [0, 0.05) is 38.4 Å². The van der Waals surface area contributed by atoms with Gasteiger partial charge in [0.05, 0.1) is 6.54 Å². The van der Waals surface area contributed by atoms with E-state index in [2.05, 4.69) is 81.4 Å². The number of benzene rings is 2. The summed E-state index contributed by atoms with van der Waals surface area (Å²) in [6.07, 6.45) is 3.75. The van der Waals surface area contributed by atoms with E-state index in [-0.39, 0.29) is 29.9 Å². The summed E-state index contributed by atoms with van der Waals surface area (Å²) in [5, 5.41) is 11.0. The van der Waals surface area contributed by atoms with Gasteiger partial charge in [0.15, 0.2) is 5.96 Å². The van der Waals surface area contributed by atoms with E-state index in [0.717, 1.165) is 25.6 Å². The first-order valence-corrected chi connectivity index (χ1v) is 8.88. The Bertz CT molecular complexity index is 748. The summed E-state index contributed by atoms with van der Waals surface area (Å²) in [5.74, 6) is 1.07. The normalized spacial score (nSPS) is 11.1. The molecular weight excluding hydrogens is 449 g/mol. The van der Waals surface area contributed by atoms with Crippen molar-refractivity contribution in [1.29, 1.82) is 0 Å². The number of hydrogen-bond acceptors (Lipinski definition) is 2. The fraction of sp³-hybridized carbons (Fsp3) is 0.238. The first kappa shape index (κ1) is 21.0. The SMILES string of the molecule is CN=C(NCCn1cccn1)NCC(c1ccccc1)c1ccccc1.I. The minimum absolute atomic E-state index is 0. The van der Waals surface area contributed by atoms with Crippen LogP contribution in [0.4, 0.5) is 0 Å². The van der Waals surface area contributed by atoms with Crippen molar-refractivity contribution in [1.82, 2.24) is 20.4 Å². The van der Waals surface area contributed by atoms with Gasteiger partial charge in [-0.1, -0.05) is 60.7 Å². The maximum atomic E-state index is 4.33. The fourth-order valence-electron chi connectivity index (χ4n) is 2.94. The third-order valence-corrected chi connectivity index (χ3v) is 4.29. The van der Waals surface area contributed by atoms with Crippen LogP contribution in [-0.2, 0) is 6.54 Å². The minimum atomic E-state index is 0. The van der Waals surface area contributed by atoms with Crippen LogP contribution in [0, 0.1) is 0 Å². The molecule has 0 fully saturated rings. The molecule has 0 atom stereocenters. The van der Waals surface area contributed by atoms with Crippen LogP contribution < -0.4 is 10.6 Å². The summed E-state index contributed by atoms with van der Waals surface area (Å²) in [6, 6.07) is 23.1. The molecular formula is C21H26IN5. The maximum Gasteiger partial charge on any atom is 0.191 e. The van der Waals surface area contributed by atoms with Crippen molar-refractivity contribution in [2.45, 2.75) is 12.5 Å². The number of nitrogens with zero attached hydrogens (tertiary/aromatic N) is 3. The fourth-order valence-corrected chi connectivity index (χ4v) is 2.94. The minimum Gasteiger partial charge on any atom is -0.355 e. The molecule has 2 aromatic carbocycles.